The van der Waals surface area contributed by atoms with Gasteiger partial charge in [-0.3, -0.25) is 0 Å². The van der Waals surface area contributed by atoms with Crippen molar-refractivity contribution in [3.63, 3.8) is 0 Å². The van der Waals surface area contributed by atoms with Crippen LogP contribution in [0.4, 0.5) is 20.2 Å². The molecule has 0 bridgehead atoms. The van der Waals surface area contributed by atoms with Gasteiger partial charge in [-0.15, -0.1) is 0 Å². The summed E-state index contributed by atoms with van der Waals surface area (Å²) in [5.74, 6) is -0.549. The SMILES string of the molecule is CSOCCCN(c1ccc(F)cc1)c1ccc(F)cc1. The van der Waals surface area contributed by atoms with E-state index in [-0.39, 0.29) is 11.6 Å². The molecule has 5 heteroatoms. The van der Waals surface area contributed by atoms with Crippen molar-refractivity contribution < 1.29 is 13.0 Å². The van der Waals surface area contributed by atoms with Crippen LogP contribution in [0.3, 0.4) is 0 Å². The van der Waals surface area contributed by atoms with Crippen molar-refractivity contribution >= 4 is 23.4 Å². The first kappa shape index (κ1) is 15.8. The number of rotatable bonds is 7. The Hall–Kier alpha value is -1.59. The van der Waals surface area contributed by atoms with Crippen LogP contribution in [0.1, 0.15) is 6.42 Å². The van der Waals surface area contributed by atoms with Crippen LogP contribution in [0.5, 0.6) is 0 Å². The highest BCUT2D eigenvalue weighted by atomic mass is 32.2. The fourth-order valence-corrected chi connectivity index (χ4v) is 2.30. The van der Waals surface area contributed by atoms with E-state index in [0.29, 0.717) is 13.2 Å². The van der Waals surface area contributed by atoms with E-state index in [0.717, 1.165) is 17.8 Å². The van der Waals surface area contributed by atoms with Gasteiger partial charge in [-0.25, -0.2) is 8.78 Å². The van der Waals surface area contributed by atoms with Crippen LogP contribution in [0.2, 0.25) is 0 Å². The molecule has 0 aliphatic carbocycles. The van der Waals surface area contributed by atoms with Gasteiger partial charge in [0.25, 0.3) is 0 Å². The second kappa shape index (κ2) is 8.00. The average molecular weight is 309 g/mol. The molecule has 0 aliphatic rings. The Balaban J connectivity index is 2.17. The maximum atomic E-state index is 13.1. The van der Waals surface area contributed by atoms with Gasteiger partial charge in [-0.1, -0.05) is 0 Å². The van der Waals surface area contributed by atoms with Gasteiger partial charge in [0.15, 0.2) is 0 Å². The van der Waals surface area contributed by atoms with Crippen molar-refractivity contribution in [2.75, 3.05) is 24.3 Å². The third-order valence-corrected chi connectivity index (χ3v) is 3.41. The molecular weight excluding hydrogens is 292 g/mol. The van der Waals surface area contributed by atoms with Gasteiger partial charge in [0.1, 0.15) is 11.6 Å². The van der Waals surface area contributed by atoms with Crippen molar-refractivity contribution in [1.29, 1.82) is 0 Å². The summed E-state index contributed by atoms with van der Waals surface area (Å²) in [6, 6.07) is 12.5. The minimum atomic E-state index is -0.275. The van der Waals surface area contributed by atoms with Crippen LogP contribution in [-0.2, 0) is 4.18 Å². The molecule has 0 radical (unpaired) electrons. The molecule has 0 atom stereocenters. The average Bonchev–Trinajstić information content (AvgIpc) is 2.50. The summed E-state index contributed by atoms with van der Waals surface area (Å²) in [6.07, 6.45) is 2.69. The summed E-state index contributed by atoms with van der Waals surface area (Å²) < 4.78 is 31.4. The quantitative estimate of drug-likeness (QED) is 0.539. The Morgan fingerprint density at radius 1 is 0.905 bits per heavy atom. The third-order valence-electron chi connectivity index (χ3n) is 3.00. The van der Waals surface area contributed by atoms with Crippen LogP contribution in [0.15, 0.2) is 48.5 Å². The van der Waals surface area contributed by atoms with Crippen LogP contribution in [-0.4, -0.2) is 19.4 Å². The maximum Gasteiger partial charge on any atom is 0.123 e. The van der Waals surface area contributed by atoms with Crippen LogP contribution in [0, 0.1) is 11.6 Å². The highest BCUT2D eigenvalue weighted by molar-refractivity contribution is 7.93. The second-order valence-electron chi connectivity index (χ2n) is 4.45. The number of halogens is 2. The Morgan fingerprint density at radius 3 is 1.81 bits per heavy atom. The van der Waals surface area contributed by atoms with Crippen molar-refractivity contribution in [2.24, 2.45) is 0 Å². The zero-order valence-electron chi connectivity index (χ0n) is 11.8. The molecule has 112 valence electrons. The van der Waals surface area contributed by atoms with E-state index >= 15 is 0 Å². The molecule has 2 aromatic carbocycles. The van der Waals surface area contributed by atoms with Crippen molar-refractivity contribution in [3.05, 3.63) is 60.2 Å². The molecule has 2 nitrogen and oxygen atoms in total. The number of hydrogen-bond donors (Lipinski definition) is 0. The smallest absolute Gasteiger partial charge is 0.123 e. The first-order chi connectivity index (χ1) is 10.2. The van der Waals surface area contributed by atoms with Gasteiger partial charge in [0.2, 0.25) is 0 Å². The first-order valence-electron chi connectivity index (χ1n) is 6.65. The Labute approximate surface area is 127 Å². The molecule has 0 saturated heterocycles. The Kier molecular flexibility index (Phi) is 6.02. The van der Waals surface area contributed by atoms with E-state index < -0.39 is 0 Å². The summed E-state index contributed by atoms with van der Waals surface area (Å²) in [5.41, 5.74) is 1.74. The minimum absolute atomic E-state index is 0.275. The van der Waals surface area contributed by atoms with Crippen LogP contribution in [0.25, 0.3) is 0 Å². The van der Waals surface area contributed by atoms with Crippen molar-refractivity contribution in [1.82, 2.24) is 0 Å². The molecule has 0 amide bonds. The summed E-state index contributed by atoms with van der Waals surface area (Å²) in [4.78, 5) is 2.02. The molecule has 0 spiro atoms. The van der Waals surface area contributed by atoms with Crippen LogP contribution < -0.4 is 4.90 Å². The van der Waals surface area contributed by atoms with Gasteiger partial charge >= 0.3 is 0 Å². The van der Waals surface area contributed by atoms with E-state index in [1.807, 2.05) is 11.2 Å². The van der Waals surface area contributed by atoms with E-state index in [2.05, 4.69) is 0 Å². The summed E-state index contributed by atoms with van der Waals surface area (Å²) >= 11 is 1.33. The largest absolute Gasteiger partial charge is 0.341 e. The molecular formula is C16H17F2NOS. The monoisotopic (exact) mass is 309 g/mol. The molecule has 0 saturated carbocycles. The van der Waals surface area contributed by atoms with Gasteiger partial charge in [-0.2, -0.15) is 0 Å². The zero-order valence-corrected chi connectivity index (χ0v) is 12.6. The molecule has 0 heterocycles. The van der Waals surface area contributed by atoms with Gasteiger partial charge in [-0.05, 0) is 67.0 Å². The lowest BCUT2D eigenvalue weighted by atomic mass is 10.2. The van der Waals surface area contributed by atoms with E-state index in [1.54, 1.807) is 24.3 Å². The maximum absolute atomic E-state index is 13.1. The molecule has 0 aliphatic heterocycles. The highest BCUT2D eigenvalue weighted by Crippen LogP contribution is 2.26. The van der Waals surface area contributed by atoms with E-state index in [9.17, 15) is 8.78 Å². The standard InChI is InChI=1S/C16H17F2NOS/c1-21-20-12-2-11-19(15-7-3-13(17)4-8-15)16-9-5-14(18)6-10-16/h3-10H,2,11-12H2,1H3. The number of nitrogens with zero attached hydrogens (tertiary/aromatic N) is 1. The van der Waals surface area contributed by atoms with Crippen molar-refractivity contribution in [2.45, 2.75) is 6.42 Å². The van der Waals surface area contributed by atoms with E-state index in [1.165, 1.54) is 36.3 Å². The molecule has 0 aromatic heterocycles. The lowest BCUT2D eigenvalue weighted by Gasteiger charge is -2.25. The van der Waals surface area contributed by atoms with Gasteiger partial charge in [0, 0.05) is 24.2 Å². The lowest BCUT2D eigenvalue weighted by molar-refractivity contribution is 0.369. The highest BCUT2D eigenvalue weighted by Gasteiger charge is 2.09. The lowest BCUT2D eigenvalue weighted by Crippen LogP contribution is -2.19. The molecule has 21 heavy (non-hydrogen) atoms. The predicted octanol–water partition coefficient (Wildman–Crippen LogP) is 4.79. The summed E-state index contributed by atoms with van der Waals surface area (Å²) in [7, 11) is 0. The van der Waals surface area contributed by atoms with Crippen LogP contribution >= 0.6 is 12.0 Å². The summed E-state index contributed by atoms with van der Waals surface area (Å²) in [6.45, 7) is 1.33. The normalized spacial score (nSPS) is 10.6. The van der Waals surface area contributed by atoms with E-state index in [4.69, 9.17) is 4.18 Å². The fraction of sp³-hybridized carbons (Fsp3) is 0.250. The first-order valence-corrected chi connectivity index (χ1v) is 7.80. The van der Waals surface area contributed by atoms with Gasteiger partial charge < -0.3 is 9.08 Å². The predicted molar refractivity (Wildman–Crippen MR) is 83.9 cm³/mol. The zero-order chi connectivity index (χ0) is 15.1. The molecule has 2 rings (SSSR count). The number of hydrogen-bond acceptors (Lipinski definition) is 3. The Bertz CT molecular complexity index is 500. The van der Waals surface area contributed by atoms with Gasteiger partial charge in [0.05, 0.1) is 6.61 Å². The number of benzene rings is 2. The summed E-state index contributed by atoms with van der Waals surface area (Å²) in [5, 5.41) is 0. The van der Waals surface area contributed by atoms with Crippen molar-refractivity contribution in [3.8, 4) is 0 Å². The third kappa shape index (κ3) is 4.72. The topological polar surface area (TPSA) is 12.5 Å². The number of anilines is 2. The molecule has 0 fully saturated rings. The second-order valence-corrected chi connectivity index (χ2v) is 5.02. The molecule has 0 N–H and O–H groups in total. The molecule has 2 aromatic rings. The molecule has 0 unspecified atom stereocenters. The minimum Gasteiger partial charge on any atom is -0.341 e. The fourth-order valence-electron chi connectivity index (χ4n) is 2.01. The Morgan fingerprint density at radius 2 is 1.38 bits per heavy atom.